The van der Waals surface area contributed by atoms with Gasteiger partial charge < -0.3 is 15.5 Å². The number of hydrogen-bond donors (Lipinski definition) is 3. The Morgan fingerprint density at radius 2 is 1.96 bits per heavy atom. The zero-order valence-electron chi connectivity index (χ0n) is 14.6. The van der Waals surface area contributed by atoms with E-state index in [-0.39, 0.29) is 29.7 Å². The quantitative estimate of drug-likeness (QED) is 0.571. The second-order valence-electron chi connectivity index (χ2n) is 7.25. The van der Waals surface area contributed by atoms with Crippen LogP contribution in [0.2, 0.25) is 0 Å². The van der Waals surface area contributed by atoms with Crippen molar-refractivity contribution in [3.63, 3.8) is 0 Å². The maximum Gasteiger partial charge on any atom is 0.223 e. The van der Waals surface area contributed by atoms with Gasteiger partial charge in [0.25, 0.3) is 0 Å². The average molecular weight is 333 g/mol. The maximum atomic E-state index is 12.6. The van der Waals surface area contributed by atoms with Crippen molar-refractivity contribution >= 4 is 11.7 Å². The first kappa shape index (κ1) is 18.3. The van der Waals surface area contributed by atoms with Gasteiger partial charge in [0.15, 0.2) is 17.3 Å². The molecule has 1 aliphatic carbocycles. The fraction of sp³-hybridized carbons (Fsp3) is 0.579. The van der Waals surface area contributed by atoms with Crippen molar-refractivity contribution in [3.8, 4) is 11.5 Å². The van der Waals surface area contributed by atoms with E-state index >= 15 is 0 Å². The van der Waals surface area contributed by atoms with Gasteiger partial charge in [0.1, 0.15) is 0 Å². The lowest BCUT2D eigenvalue weighted by molar-refractivity contribution is -0.129. The molecule has 1 aromatic carbocycles. The molecule has 1 amide bonds. The van der Waals surface area contributed by atoms with Crippen LogP contribution in [0.3, 0.4) is 0 Å². The number of carbonyl (C=O) groups excluding carboxylic acids is 2. The average Bonchev–Trinajstić information content (AvgIpc) is 2.54. The number of hydrogen-bond acceptors (Lipinski definition) is 4. The SMILES string of the molecule is CC1CC[C@@H](C(C)C)[C@H](C(=O)NCC(=O)c2cccc(O)c2O)C1. The number of para-hydroxylation sites is 1. The van der Waals surface area contributed by atoms with Crippen LogP contribution in [-0.2, 0) is 4.79 Å². The van der Waals surface area contributed by atoms with Gasteiger partial charge in [-0.1, -0.05) is 33.3 Å². The Morgan fingerprint density at radius 3 is 2.62 bits per heavy atom. The molecule has 0 aliphatic heterocycles. The van der Waals surface area contributed by atoms with Crippen LogP contribution in [-0.4, -0.2) is 28.4 Å². The first-order chi connectivity index (χ1) is 11.3. The summed E-state index contributed by atoms with van der Waals surface area (Å²) in [6.07, 6.45) is 3.03. The Labute approximate surface area is 143 Å². The molecule has 1 saturated carbocycles. The van der Waals surface area contributed by atoms with Crippen LogP contribution in [0, 0.1) is 23.7 Å². The lowest BCUT2D eigenvalue weighted by Gasteiger charge is -2.36. The molecule has 132 valence electrons. The summed E-state index contributed by atoms with van der Waals surface area (Å²) < 4.78 is 0. The normalized spacial score (nSPS) is 23.9. The summed E-state index contributed by atoms with van der Waals surface area (Å²) in [4.78, 5) is 24.8. The van der Waals surface area contributed by atoms with E-state index in [0.717, 1.165) is 19.3 Å². The molecular weight excluding hydrogens is 306 g/mol. The van der Waals surface area contributed by atoms with E-state index in [2.05, 4.69) is 26.1 Å². The summed E-state index contributed by atoms with van der Waals surface area (Å²) in [6.45, 7) is 6.26. The van der Waals surface area contributed by atoms with Crippen molar-refractivity contribution in [2.75, 3.05) is 6.54 Å². The van der Waals surface area contributed by atoms with Crippen molar-refractivity contribution in [1.29, 1.82) is 0 Å². The molecule has 0 bridgehead atoms. The lowest BCUT2D eigenvalue weighted by atomic mass is 9.70. The standard InChI is InChI=1S/C19H27NO4/c1-11(2)13-8-7-12(3)9-15(13)19(24)20-10-17(22)14-5-4-6-16(21)18(14)23/h4-6,11-13,15,21,23H,7-10H2,1-3H3,(H,20,24)/t12?,13-,15+/m0/s1. The van der Waals surface area contributed by atoms with Gasteiger partial charge in [0.2, 0.25) is 5.91 Å². The second kappa shape index (κ2) is 7.69. The third-order valence-corrected chi connectivity index (χ3v) is 5.10. The Kier molecular flexibility index (Phi) is 5.86. The smallest absolute Gasteiger partial charge is 0.223 e. The third-order valence-electron chi connectivity index (χ3n) is 5.10. The van der Waals surface area contributed by atoms with E-state index in [1.807, 2.05) is 0 Å². The van der Waals surface area contributed by atoms with Gasteiger partial charge in [0, 0.05) is 5.92 Å². The number of phenols is 2. The number of aromatic hydroxyl groups is 2. The van der Waals surface area contributed by atoms with E-state index in [1.54, 1.807) is 0 Å². The molecule has 0 aromatic heterocycles. The van der Waals surface area contributed by atoms with Gasteiger partial charge in [-0.2, -0.15) is 0 Å². The number of nitrogens with one attached hydrogen (secondary N) is 1. The minimum absolute atomic E-state index is 0.0210. The van der Waals surface area contributed by atoms with Crippen LogP contribution in [0.15, 0.2) is 18.2 Å². The van der Waals surface area contributed by atoms with Gasteiger partial charge >= 0.3 is 0 Å². The van der Waals surface area contributed by atoms with Crippen molar-refractivity contribution < 1.29 is 19.8 Å². The van der Waals surface area contributed by atoms with Crippen molar-refractivity contribution in [1.82, 2.24) is 5.32 Å². The van der Waals surface area contributed by atoms with E-state index in [9.17, 15) is 19.8 Å². The molecule has 3 atom stereocenters. The summed E-state index contributed by atoms with van der Waals surface area (Å²) in [5.74, 6) is -0.0726. The van der Waals surface area contributed by atoms with Gasteiger partial charge in [0.05, 0.1) is 12.1 Å². The molecule has 5 heteroatoms. The van der Waals surface area contributed by atoms with E-state index < -0.39 is 11.5 Å². The largest absolute Gasteiger partial charge is 0.504 e. The number of carbonyl (C=O) groups is 2. The number of phenolic OH excluding ortho intramolecular Hbond substituents is 2. The fourth-order valence-corrected chi connectivity index (χ4v) is 3.65. The monoisotopic (exact) mass is 333 g/mol. The Balaban J connectivity index is 2.01. The highest BCUT2D eigenvalue weighted by Crippen LogP contribution is 2.38. The van der Waals surface area contributed by atoms with Gasteiger partial charge in [-0.15, -0.1) is 0 Å². The van der Waals surface area contributed by atoms with Gasteiger partial charge in [-0.25, -0.2) is 0 Å². The molecular formula is C19H27NO4. The summed E-state index contributed by atoms with van der Waals surface area (Å²) in [5, 5.41) is 21.9. The predicted molar refractivity (Wildman–Crippen MR) is 91.9 cm³/mol. The summed E-state index contributed by atoms with van der Waals surface area (Å²) in [5.41, 5.74) is 0.0210. The van der Waals surface area contributed by atoms with Crippen LogP contribution in [0.5, 0.6) is 11.5 Å². The van der Waals surface area contributed by atoms with E-state index in [1.165, 1.54) is 18.2 Å². The third kappa shape index (κ3) is 4.08. The summed E-state index contributed by atoms with van der Waals surface area (Å²) in [7, 11) is 0. The molecule has 24 heavy (non-hydrogen) atoms. The molecule has 0 saturated heterocycles. The Bertz CT molecular complexity index is 611. The minimum atomic E-state index is -0.442. The fourth-order valence-electron chi connectivity index (χ4n) is 3.65. The van der Waals surface area contributed by atoms with E-state index in [4.69, 9.17) is 0 Å². The molecule has 0 spiro atoms. The molecule has 5 nitrogen and oxygen atoms in total. The summed E-state index contributed by atoms with van der Waals surface area (Å²) >= 11 is 0. The molecule has 0 heterocycles. The highest BCUT2D eigenvalue weighted by molar-refractivity contribution is 6.02. The topological polar surface area (TPSA) is 86.6 Å². The Hall–Kier alpha value is -2.04. The first-order valence-corrected chi connectivity index (χ1v) is 8.63. The molecule has 0 radical (unpaired) electrons. The zero-order valence-corrected chi connectivity index (χ0v) is 14.6. The minimum Gasteiger partial charge on any atom is -0.504 e. The molecule has 1 aromatic rings. The molecule has 1 aliphatic rings. The van der Waals surface area contributed by atoms with Crippen LogP contribution in [0.4, 0.5) is 0 Å². The molecule has 1 fully saturated rings. The molecule has 3 N–H and O–H groups in total. The maximum absolute atomic E-state index is 12.6. The number of benzene rings is 1. The lowest BCUT2D eigenvalue weighted by Crippen LogP contribution is -2.41. The highest BCUT2D eigenvalue weighted by atomic mass is 16.3. The second-order valence-corrected chi connectivity index (χ2v) is 7.25. The first-order valence-electron chi connectivity index (χ1n) is 8.63. The van der Waals surface area contributed by atoms with Gasteiger partial charge in [-0.3, -0.25) is 9.59 Å². The van der Waals surface area contributed by atoms with E-state index in [0.29, 0.717) is 17.8 Å². The number of ketones is 1. The van der Waals surface area contributed by atoms with Gasteiger partial charge in [-0.05, 0) is 42.7 Å². The van der Waals surface area contributed by atoms with Crippen LogP contribution in [0.25, 0.3) is 0 Å². The van der Waals surface area contributed by atoms with Crippen LogP contribution < -0.4 is 5.32 Å². The number of amides is 1. The number of rotatable bonds is 5. The predicted octanol–water partition coefficient (Wildman–Crippen LogP) is 3.11. The highest BCUT2D eigenvalue weighted by Gasteiger charge is 2.35. The number of Topliss-reactive ketones (excluding diaryl/α,β-unsaturated/α-hetero) is 1. The van der Waals surface area contributed by atoms with Crippen molar-refractivity contribution in [2.24, 2.45) is 23.7 Å². The molecule has 1 unspecified atom stereocenters. The zero-order chi connectivity index (χ0) is 17.9. The van der Waals surface area contributed by atoms with Crippen molar-refractivity contribution in [3.05, 3.63) is 23.8 Å². The van der Waals surface area contributed by atoms with Crippen LogP contribution in [0.1, 0.15) is 50.4 Å². The van der Waals surface area contributed by atoms with Crippen LogP contribution >= 0.6 is 0 Å². The summed E-state index contributed by atoms with van der Waals surface area (Å²) in [6, 6.07) is 4.23. The van der Waals surface area contributed by atoms with Crippen molar-refractivity contribution in [2.45, 2.75) is 40.0 Å². The molecule has 2 rings (SSSR count). The Morgan fingerprint density at radius 1 is 1.25 bits per heavy atom.